The molecule has 1 aromatic carbocycles. The number of anilines is 1. The fourth-order valence-electron chi connectivity index (χ4n) is 7.46. The molecule has 37 heavy (non-hydrogen) atoms. The molecule has 196 valence electrons. The number of likely N-dealkylation sites (tertiary alicyclic amines) is 1. The number of rotatable bonds is 6. The number of carboxylic acids is 1. The van der Waals surface area contributed by atoms with Gasteiger partial charge in [0.15, 0.2) is 0 Å². The Morgan fingerprint density at radius 2 is 1.76 bits per heavy atom. The minimum Gasteiger partial charge on any atom is -0.480 e. The van der Waals surface area contributed by atoms with E-state index in [0.717, 1.165) is 32.5 Å². The Balaban J connectivity index is 1.40. The zero-order chi connectivity index (χ0) is 26.3. The molecule has 4 aliphatic rings. The number of fused-ring (bicyclic) bond motifs is 9. The summed E-state index contributed by atoms with van der Waals surface area (Å²) in [5, 5.41) is 10.9. The molecule has 2 aromatic rings. The zero-order valence-electron chi connectivity index (χ0n) is 21.2. The number of hydrogen-bond acceptors (Lipinski definition) is 7. The van der Waals surface area contributed by atoms with Crippen LogP contribution < -0.4 is 9.77 Å². The minimum atomic E-state index is -1.12. The molecular weight excluding hydrogens is 510 g/mol. The number of thiazole rings is 1. The smallest absolute Gasteiger partial charge is 0.326 e. The van der Waals surface area contributed by atoms with Crippen molar-refractivity contribution in [2.45, 2.75) is 48.9 Å². The highest BCUT2D eigenvalue weighted by molar-refractivity contribution is 8.00. The van der Waals surface area contributed by atoms with Gasteiger partial charge in [0.2, 0.25) is 11.8 Å². The van der Waals surface area contributed by atoms with Gasteiger partial charge >= 0.3 is 10.8 Å². The van der Waals surface area contributed by atoms with Gasteiger partial charge in [-0.2, -0.15) is 0 Å². The molecule has 8 atom stereocenters. The lowest BCUT2D eigenvalue weighted by atomic mass is 9.68. The number of benzene rings is 1. The van der Waals surface area contributed by atoms with Crippen LogP contribution in [0.5, 0.6) is 0 Å². The molecule has 2 bridgehead atoms. The van der Waals surface area contributed by atoms with Gasteiger partial charge in [0.25, 0.3) is 0 Å². The number of imide groups is 1. The molecule has 1 aromatic heterocycles. The highest BCUT2D eigenvalue weighted by atomic mass is 32.2. The summed E-state index contributed by atoms with van der Waals surface area (Å²) in [6.45, 7) is 3.81. The van der Waals surface area contributed by atoms with Crippen LogP contribution >= 0.6 is 23.1 Å². The minimum absolute atomic E-state index is 0.0138. The van der Waals surface area contributed by atoms with E-state index in [1.807, 2.05) is 32.8 Å². The van der Waals surface area contributed by atoms with Crippen LogP contribution in [0.4, 0.5) is 5.69 Å². The molecule has 10 heteroatoms. The number of nitrogens with zero attached hydrogens (tertiary/aromatic N) is 2. The van der Waals surface area contributed by atoms with Crippen LogP contribution in [0.3, 0.4) is 0 Å². The second kappa shape index (κ2) is 8.73. The van der Waals surface area contributed by atoms with E-state index in [4.69, 9.17) is 0 Å². The number of thioether (sulfide) groups is 1. The summed E-state index contributed by atoms with van der Waals surface area (Å²) in [6.07, 6.45) is 1.04. The molecule has 0 unspecified atom stereocenters. The van der Waals surface area contributed by atoms with Crippen LogP contribution in [-0.2, 0) is 14.4 Å². The third-order valence-corrected chi connectivity index (χ3v) is 11.4. The number of carbonyl (C=O) groups is 3. The van der Waals surface area contributed by atoms with Gasteiger partial charge in [-0.1, -0.05) is 37.3 Å². The van der Waals surface area contributed by atoms with Gasteiger partial charge in [-0.3, -0.25) is 19.3 Å². The Labute approximate surface area is 223 Å². The first-order chi connectivity index (χ1) is 17.6. The van der Waals surface area contributed by atoms with Crippen LogP contribution in [0.25, 0.3) is 0 Å². The van der Waals surface area contributed by atoms with Crippen molar-refractivity contribution in [3.63, 3.8) is 0 Å². The Kier molecular flexibility index (Phi) is 5.83. The summed E-state index contributed by atoms with van der Waals surface area (Å²) >= 11 is 2.89. The van der Waals surface area contributed by atoms with E-state index < -0.39 is 23.8 Å². The lowest BCUT2D eigenvalue weighted by Gasteiger charge is -2.43. The maximum absolute atomic E-state index is 13.8. The molecule has 3 fully saturated rings. The van der Waals surface area contributed by atoms with E-state index in [1.54, 1.807) is 11.8 Å². The summed E-state index contributed by atoms with van der Waals surface area (Å²) in [7, 11) is 3.99. The Morgan fingerprint density at radius 3 is 2.35 bits per heavy atom. The second-order valence-corrected chi connectivity index (χ2v) is 13.7. The fourth-order valence-corrected chi connectivity index (χ4v) is 10.4. The fraction of sp³-hybridized carbons (Fsp3) is 0.556. The van der Waals surface area contributed by atoms with Gasteiger partial charge in [-0.15, -0.1) is 11.8 Å². The van der Waals surface area contributed by atoms with Crippen molar-refractivity contribution < 1.29 is 19.5 Å². The first kappa shape index (κ1) is 24.7. The number of aromatic amines is 1. The number of aromatic nitrogens is 1. The average molecular weight is 542 g/mol. The van der Waals surface area contributed by atoms with Crippen LogP contribution in [0.15, 0.2) is 34.1 Å². The Morgan fingerprint density at radius 1 is 1.11 bits per heavy atom. The van der Waals surface area contributed by atoms with E-state index in [9.17, 15) is 24.3 Å². The molecule has 8 nitrogen and oxygen atoms in total. The van der Waals surface area contributed by atoms with Crippen LogP contribution in [-0.4, -0.2) is 58.2 Å². The number of nitrogens with one attached hydrogen (secondary N) is 1. The number of amides is 2. The van der Waals surface area contributed by atoms with E-state index >= 15 is 0 Å². The first-order valence-electron chi connectivity index (χ1n) is 12.8. The van der Waals surface area contributed by atoms with Gasteiger partial charge in [-0.05, 0) is 54.2 Å². The topological polar surface area (TPSA) is 111 Å². The molecule has 2 saturated carbocycles. The van der Waals surface area contributed by atoms with Crippen molar-refractivity contribution in [1.82, 2.24) is 9.88 Å². The summed E-state index contributed by atoms with van der Waals surface area (Å²) in [6, 6.07) is 7.26. The number of carbonyl (C=O) groups excluding carboxylic acids is 2. The number of hydrogen-bond donors (Lipinski definition) is 2. The second-order valence-electron chi connectivity index (χ2n) is 11.5. The maximum atomic E-state index is 13.8. The highest BCUT2D eigenvalue weighted by Gasteiger charge is 2.70. The first-order valence-corrected chi connectivity index (χ1v) is 14.5. The Bertz CT molecular complexity index is 1330. The third-order valence-electron chi connectivity index (χ3n) is 8.82. The van der Waals surface area contributed by atoms with E-state index in [-0.39, 0.29) is 57.9 Å². The van der Waals surface area contributed by atoms with Crippen molar-refractivity contribution in [3.8, 4) is 0 Å². The van der Waals surface area contributed by atoms with Crippen molar-refractivity contribution >= 4 is 46.6 Å². The predicted molar refractivity (Wildman–Crippen MR) is 142 cm³/mol. The molecule has 2 aliphatic heterocycles. The van der Waals surface area contributed by atoms with Gasteiger partial charge in [-0.25, -0.2) is 4.79 Å². The molecule has 2 amide bonds. The molecule has 1 saturated heterocycles. The average Bonchev–Trinajstić information content (AvgIpc) is 3.56. The normalized spacial score (nSPS) is 32.5. The molecule has 3 heterocycles. The van der Waals surface area contributed by atoms with Gasteiger partial charge in [0.1, 0.15) is 6.04 Å². The maximum Gasteiger partial charge on any atom is 0.326 e. The molecule has 2 N–H and O–H groups in total. The van der Waals surface area contributed by atoms with Gasteiger partial charge in [0, 0.05) is 35.8 Å². The molecular formula is C27H31N3O5S2. The van der Waals surface area contributed by atoms with Crippen LogP contribution in [0, 0.1) is 35.5 Å². The molecule has 2 aliphatic carbocycles. The number of carboxylic acid groups (broad SMARTS) is 1. The van der Waals surface area contributed by atoms with Crippen LogP contribution in [0.1, 0.15) is 43.0 Å². The zero-order valence-corrected chi connectivity index (χ0v) is 22.8. The van der Waals surface area contributed by atoms with Crippen molar-refractivity contribution in [3.05, 3.63) is 44.4 Å². The van der Waals surface area contributed by atoms with E-state index in [1.165, 1.54) is 11.3 Å². The monoisotopic (exact) mass is 541 g/mol. The SMILES string of the molecule is CC(C)C[C@H](C(=O)O)N1C(=O)[C@@H]2[C@H]3C[C@@H]([C@@H]2C1=O)[C@H]1[C@@H](c2ccc(N(C)C)cc2)c2sc(=O)[nH]c2S[C@@H]31. The highest BCUT2D eigenvalue weighted by Crippen LogP contribution is 2.68. The summed E-state index contributed by atoms with van der Waals surface area (Å²) in [5.41, 5.74) is 2.19. The van der Waals surface area contributed by atoms with Crippen molar-refractivity contribution in [2.24, 2.45) is 35.5 Å². The largest absolute Gasteiger partial charge is 0.480 e. The lowest BCUT2D eigenvalue weighted by molar-refractivity contribution is -0.156. The summed E-state index contributed by atoms with van der Waals surface area (Å²) in [4.78, 5) is 59.1. The quantitative estimate of drug-likeness (QED) is 0.539. The van der Waals surface area contributed by atoms with Gasteiger partial charge < -0.3 is 15.0 Å². The molecule has 6 rings (SSSR count). The van der Waals surface area contributed by atoms with Gasteiger partial charge in [0.05, 0.1) is 16.9 Å². The van der Waals surface area contributed by atoms with E-state index in [0.29, 0.717) is 0 Å². The summed E-state index contributed by atoms with van der Waals surface area (Å²) in [5.74, 6) is -2.62. The predicted octanol–water partition coefficient (Wildman–Crippen LogP) is 3.48. The van der Waals surface area contributed by atoms with Crippen molar-refractivity contribution in [2.75, 3.05) is 19.0 Å². The molecule has 0 radical (unpaired) electrons. The summed E-state index contributed by atoms with van der Waals surface area (Å²) < 4.78 is 0. The molecule has 0 spiro atoms. The third kappa shape index (κ3) is 3.62. The Hall–Kier alpha value is -2.59. The van der Waals surface area contributed by atoms with Crippen molar-refractivity contribution in [1.29, 1.82) is 0 Å². The lowest BCUT2D eigenvalue weighted by Crippen LogP contribution is -2.47. The van der Waals surface area contributed by atoms with E-state index in [2.05, 4.69) is 29.2 Å². The van der Waals surface area contributed by atoms with Crippen LogP contribution in [0.2, 0.25) is 0 Å². The number of aliphatic carboxylic acids is 1. The standard InChI is InChI=1S/C27H31N3O5S2/c1-11(2)9-16(26(33)34)30-24(31)19-14-10-15(20(19)25(30)32)21-18(14)17(22-23(36-21)28-27(35)37-22)12-5-7-13(8-6-12)29(3)4/h5-8,11,14-21H,9-10H2,1-4H3,(H,28,35)(H,33,34)/t14-,15-,16-,17-,18+,19+,20-,21+/m1/s1. The number of H-pyrrole nitrogens is 1.